The standard InChI is InChI=1S/C24H28N4O4S/c1-4-20-8-6-10-22(16-20)28(17-23(29)25-3)24(30)18-33(31,32)27-13-11-26(12-14-27)21-9-5-7-19(2)15-21/h1,5-10,15-16H,11-14,17-18H2,2-3H3,(H,25,29). The summed E-state index contributed by atoms with van der Waals surface area (Å²) in [5.74, 6) is 0.648. The van der Waals surface area contributed by atoms with Crippen LogP contribution in [-0.2, 0) is 19.6 Å². The minimum absolute atomic E-state index is 0.283. The van der Waals surface area contributed by atoms with Crippen molar-refractivity contribution in [2.24, 2.45) is 0 Å². The molecule has 9 heteroatoms. The van der Waals surface area contributed by atoms with Crippen molar-refractivity contribution in [2.75, 3.05) is 55.3 Å². The Bertz CT molecular complexity index is 1160. The zero-order chi connectivity index (χ0) is 24.0. The van der Waals surface area contributed by atoms with Crippen LogP contribution >= 0.6 is 0 Å². The van der Waals surface area contributed by atoms with Crippen molar-refractivity contribution in [3.8, 4) is 12.3 Å². The molecule has 1 N–H and O–H groups in total. The fourth-order valence-electron chi connectivity index (χ4n) is 3.68. The molecule has 0 atom stereocenters. The SMILES string of the molecule is C#Cc1cccc(N(CC(=O)NC)C(=O)CS(=O)(=O)N2CCN(c3cccc(C)c3)CC2)c1. The highest BCUT2D eigenvalue weighted by Crippen LogP contribution is 2.20. The Morgan fingerprint density at radius 3 is 2.42 bits per heavy atom. The molecule has 1 saturated heterocycles. The van der Waals surface area contributed by atoms with Gasteiger partial charge in [-0.2, -0.15) is 4.31 Å². The summed E-state index contributed by atoms with van der Waals surface area (Å²) in [6.45, 7) is 3.34. The molecule has 33 heavy (non-hydrogen) atoms. The number of piperazine rings is 1. The van der Waals surface area contributed by atoms with Crippen LogP contribution in [-0.4, -0.2) is 70.1 Å². The van der Waals surface area contributed by atoms with E-state index in [2.05, 4.69) is 22.2 Å². The average molecular weight is 469 g/mol. The van der Waals surface area contributed by atoms with Gasteiger partial charge in [0.25, 0.3) is 0 Å². The highest BCUT2D eigenvalue weighted by Gasteiger charge is 2.32. The van der Waals surface area contributed by atoms with Crippen LogP contribution < -0.4 is 15.1 Å². The van der Waals surface area contributed by atoms with Crippen LogP contribution in [0.25, 0.3) is 0 Å². The second-order valence-electron chi connectivity index (χ2n) is 7.83. The molecule has 1 fully saturated rings. The smallest absolute Gasteiger partial charge is 0.244 e. The number of rotatable bonds is 7. The van der Waals surface area contributed by atoms with E-state index in [0.717, 1.165) is 16.2 Å². The van der Waals surface area contributed by atoms with Gasteiger partial charge in [0.15, 0.2) is 0 Å². The predicted octanol–water partition coefficient (Wildman–Crippen LogP) is 1.21. The lowest BCUT2D eigenvalue weighted by Gasteiger charge is -2.35. The van der Waals surface area contributed by atoms with Crippen molar-refractivity contribution in [3.63, 3.8) is 0 Å². The van der Waals surface area contributed by atoms with E-state index in [4.69, 9.17) is 6.42 Å². The molecule has 2 aromatic rings. The van der Waals surface area contributed by atoms with E-state index in [-0.39, 0.29) is 19.6 Å². The number of benzene rings is 2. The first-order valence-corrected chi connectivity index (χ1v) is 12.2. The Morgan fingerprint density at radius 2 is 1.79 bits per heavy atom. The van der Waals surface area contributed by atoms with Crippen LogP contribution in [0.15, 0.2) is 48.5 Å². The third kappa shape index (κ3) is 6.12. The number of carbonyl (C=O) groups excluding carboxylic acids is 2. The van der Waals surface area contributed by atoms with Crippen molar-refractivity contribution in [2.45, 2.75) is 6.92 Å². The summed E-state index contributed by atoms with van der Waals surface area (Å²) in [4.78, 5) is 28.3. The van der Waals surface area contributed by atoms with Crippen LogP contribution in [0.1, 0.15) is 11.1 Å². The number of anilines is 2. The van der Waals surface area contributed by atoms with Crippen LogP contribution in [0.5, 0.6) is 0 Å². The highest BCUT2D eigenvalue weighted by atomic mass is 32.2. The minimum Gasteiger partial charge on any atom is -0.369 e. The van der Waals surface area contributed by atoms with Crippen molar-refractivity contribution >= 4 is 33.2 Å². The average Bonchev–Trinajstić information content (AvgIpc) is 2.82. The molecule has 0 radical (unpaired) electrons. The Morgan fingerprint density at radius 1 is 1.09 bits per heavy atom. The van der Waals surface area contributed by atoms with Crippen molar-refractivity contribution in [3.05, 3.63) is 59.7 Å². The number of terminal acetylenes is 1. The summed E-state index contributed by atoms with van der Waals surface area (Å²) in [5, 5.41) is 2.46. The van der Waals surface area contributed by atoms with Crippen molar-refractivity contribution in [1.29, 1.82) is 0 Å². The van der Waals surface area contributed by atoms with E-state index in [1.807, 2.05) is 25.1 Å². The van der Waals surface area contributed by atoms with E-state index < -0.39 is 27.6 Å². The van der Waals surface area contributed by atoms with Crippen LogP contribution in [0.4, 0.5) is 11.4 Å². The summed E-state index contributed by atoms with van der Waals surface area (Å²) >= 11 is 0. The zero-order valence-corrected chi connectivity index (χ0v) is 19.6. The van der Waals surface area contributed by atoms with Gasteiger partial charge in [-0.25, -0.2) is 8.42 Å². The topological polar surface area (TPSA) is 90.0 Å². The molecule has 0 saturated carbocycles. The molecule has 8 nitrogen and oxygen atoms in total. The second-order valence-corrected chi connectivity index (χ2v) is 9.80. The van der Waals surface area contributed by atoms with Gasteiger partial charge < -0.3 is 15.1 Å². The van der Waals surface area contributed by atoms with Gasteiger partial charge in [0.05, 0.1) is 0 Å². The lowest BCUT2D eigenvalue weighted by atomic mass is 10.2. The molecule has 0 unspecified atom stereocenters. The van der Waals surface area contributed by atoms with E-state index in [1.54, 1.807) is 24.3 Å². The van der Waals surface area contributed by atoms with Gasteiger partial charge in [0.2, 0.25) is 21.8 Å². The molecule has 3 rings (SSSR count). The van der Waals surface area contributed by atoms with E-state index in [1.165, 1.54) is 11.4 Å². The van der Waals surface area contributed by atoms with Gasteiger partial charge in [0, 0.05) is 50.2 Å². The highest BCUT2D eigenvalue weighted by molar-refractivity contribution is 7.89. The zero-order valence-electron chi connectivity index (χ0n) is 18.8. The molecule has 0 bridgehead atoms. The minimum atomic E-state index is -3.86. The van der Waals surface area contributed by atoms with Crippen molar-refractivity contribution in [1.82, 2.24) is 9.62 Å². The number of nitrogens with zero attached hydrogens (tertiary/aromatic N) is 3. The lowest BCUT2D eigenvalue weighted by Crippen LogP contribution is -2.51. The van der Waals surface area contributed by atoms with Gasteiger partial charge in [-0.1, -0.05) is 24.1 Å². The number of nitrogens with one attached hydrogen (secondary N) is 1. The first kappa shape index (κ1) is 24.3. The molecule has 1 heterocycles. The predicted molar refractivity (Wildman–Crippen MR) is 130 cm³/mol. The van der Waals surface area contributed by atoms with E-state index >= 15 is 0 Å². The number of likely N-dealkylation sites (N-methyl/N-ethyl adjacent to an activating group) is 1. The summed E-state index contributed by atoms with van der Waals surface area (Å²) in [6, 6.07) is 14.6. The Kier molecular flexibility index (Phi) is 7.74. The number of sulfonamides is 1. The molecule has 2 aromatic carbocycles. The molecular formula is C24H28N4O4S. The fourth-order valence-corrected chi connectivity index (χ4v) is 5.05. The Hall–Kier alpha value is -3.35. The monoisotopic (exact) mass is 468 g/mol. The molecule has 0 spiro atoms. The maximum absolute atomic E-state index is 13.1. The molecule has 174 valence electrons. The number of carbonyl (C=O) groups is 2. The first-order valence-electron chi connectivity index (χ1n) is 10.6. The Labute approximate surface area is 195 Å². The first-order chi connectivity index (χ1) is 15.7. The number of hydrogen-bond acceptors (Lipinski definition) is 5. The summed E-state index contributed by atoms with van der Waals surface area (Å²) < 4.78 is 27.4. The fraction of sp³-hybridized carbons (Fsp3) is 0.333. The van der Waals surface area contributed by atoms with Crippen LogP contribution in [0.2, 0.25) is 0 Å². The van der Waals surface area contributed by atoms with Gasteiger partial charge >= 0.3 is 0 Å². The normalized spacial score (nSPS) is 14.4. The number of amides is 2. The summed E-state index contributed by atoms with van der Waals surface area (Å²) in [5.41, 5.74) is 3.09. The van der Waals surface area contributed by atoms with Gasteiger partial charge in [-0.3, -0.25) is 9.59 Å². The van der Waals surface area contributed by atoms with E-state index in [0.29, 0.717) is 24.3 Å². The van der Waals surface area contributed by atoms with E-state index in [9.17, 15) is 18.0 Å². The maximum Gasteiger partial charge on any atom is 0.244 e. The quantitative estimate of drug-likeness (QED) is 0.617. The molecular weight excluding hydrogens is 440 g/mol. The van der Waals surface area contributed by atoms with Crippen LogP contribution in [0, 0.1) is 19.3 Å². The third-order valence-electron chi connectivity index (χ3n) is 5.51. The number of aryl methyl sites for hydroxylation is 1. The molecule has 1 aliphatic rings. The largest absolute Gasteiger partial charge is 0.369 e. The van der Waals surface area contributed by atoms with Gasteiger partial charge in [0.1, 0.15) is 12.3 Å². The second kappa shape index (κ2) is 10.5. The van der Waals surface area contributed by atoms with Crippen LogP contribution in [0.3, 0.4) is 0 Å². The number of hydrogen-bond donors (Lipinski definition) is 1. The lowest BCUT2D eigenvalue weighted by molar-refractivity contribution is -0.122. The van der Waals surface area contributed by atoms with Gasteiger partial charge in [-0.05, 0) is 42.8 Å². The molecule has 2 amide bonds. The molecule has 0 aliphatic carbocycles. The van der Waals surface area contributed by atoms with Crippen molar-refractivity contribution < 1.29 is 18.0 Å². The summed E-state index contributed by atoms with van der Waals surface area (Å²) in [6.07, 6.45) is 5.44. The molecule has 1 aliphatic heterocycles. The third-order valence-corrected chi connectivity index (χ3v) is 7.27. The molecule has 0 aromatic heterocycles. The Balaban J connectivity index is 1.72. The van der Waals surface area contributed by atoms with Gasteiger partial charge in [-0.15, -0.1) is 6.42 Å². The summed E-state index contributed by atoms with van der Waals surface area (Å²) in [7, 11) is -2.41. The maximum atomic E-state index is 13.1.